The molecule has 1 atom stereocenters. The molecule has 0 saturated carbocycles. The Bertz CT molecular complexity index is 565. The van der Waals surface area contributed by atoms with E-state index in [1.807, 2.05) is 6.92 Å². The normalized spacial score (nSPS) is 12.7. The molecule has 0 amide bonds. The highest BCUT2D eigenvalue weighted by molar-refractivity contribution is 7.15. The van der Waals surface area contributed by atoms with Crippen LogP contribution in [0.25, 0.3) is 0 Å². The van der Waals surface area contributed by atoms with Gasteiger partial charge in [0.1, 0.15) is 15.1 Å². The van der Waals surface area contributed by atoms with Gasteiger partial charge in [-0.05, 0) is 13.0 Å². The summed E-state index contributed by atoms with van der Waals surface area (Å²) in [5.41, 5.74) is 0.676. The van der Waals surface area contributed by atoms with Crippen LogP contribution in [0.1, 0.15) is 23.5 Å². The predicted octanol–water partition coefficient (Wildman–Crippen LogP) is 4.25. The van der Waals surface area contributed by atoms with Gasteiger partial charge < -0.3 is 10.1 Å². The second-order valence-electron chi connectivity index (χ2n) is 4.08. The number of nitrogens with zero attached hydrogens (tertiary/aromatic N) is 1. The van der Waals surface area contributed by atoms with Crippen molar-refractivity contribution in [2.45, 2.75) is 26.1 Å². The summed E-state index contributed by atoms with van der Waals surface area (Å²) in [4.78, 5) is 4.13. The van der Waals surface area contributed by atoms with E-state index in [0.717, 1.165) is 5.01 Å². The Morgan fingerprint density at radius 1 is 1.40 bits per heavy atom. The third-order valence-corrected chi connectivity index (χ3v) is 3.80. The summed E-state index contributed by atoms with van der Waals surface area (Å²) in [6.07, 6.45) is 1.59. The Hall–Kier alpha value is -1.24. The Labute approximate surface area is 124 Å². The minimum absolute atomic E-state index is 0.146. The second kappa shape index (κ2) is 6.97. The number of nitrogens with one attached hydrogen (secondary N) is 1. The zero-order valence-electron chi connectivity index (χ0n) is 10.6. The summed E-state index contributed by atoms with van der Waals surface area (Å²) in [6.45, 7) is -0.439. The van der Waals surface area contributed by atoms with E-state index in [2.05, 4.69) is 15.0 Å². The number of benzene rings is 1. The topological polar surface area (TPSA) is 34.2 Å². The molecule has 0 spiro atoms. The highest BCUT2D eigenvalue weighted by atomic mass is 35.5. The van der Waals surface area contributed by atoms with E-state index in [9.17, 15) is 8.78 Å². The average molecular weight is 319 g/mol. The van der Waals surface area contributed by atoms with E-state index in [4.69, 9.17) is 11.6 Å². The van der Waals surface area contributed by atoms with Crippen molar-refractivity contribution in [3.63, 3.8) is 0 Å². The van der Waals surface area contributed by atoms with Crippen LogP contribution in [0.4, 0.5) is 8.78 Å². The molecule has 1 aromatic carbocycles. The molecule has 2 aromatic rings. The zero-order chi connectivity index (χ0) is 14.5. The van der Waals surface area contributed by atoms with Crippen molar-refractivity contribution in [3.05, 3.63) is 45.4 Å². The van der Waals surface area contributed by atoms with Crippen molar-refractivity contribution in [1.82, 2.24) is 10.3 Å². The number of thiazole rings is 1. The molecule has 0 aliphatic rings. The number of rotatable bonds is 6. The monoisotopic (exact) mass is 318 g/mol. The molecule has 7 heteroatoms. The molecule has 108 valence electrons. The van der Waals surface area contributed by atoms with Gasteiger partial charge in [-0.2, -0.15) is 8.78 Å². The fourth-order valence-corrected chi connectivity index (χ4v) is 2.67. The van der Waals surface area contributed by atoms with E-state index in [0.29, 0.717) is 16.4 Å². The maximum absolute atomic E-state index is 12.4. The van der Waals surface area contributed by atoms with Crippen LogP contribution in [-0.4, -0.2) is 11.6 Å². The zero-order valence-corrected chi connectivity index (χ0v) is 12.2. The maximum atomic E-state index is 12.4. The minimum atomic E-state index is -2.83. The Morgan fingerprint density at radius 3 is 2.80 bits per heavy atom. The molecule has 2 rings (SSSR count). The summed E-state index contributed by atoms with van der Waals surface area (Å²) in [6, 6.07) is 6.58. The SMILES string of the molecule is CC(NCc1ncc(Cl)s1)c1ccccc1OC(F)F. The lowest BCUT2D eigenvalue weighted by atomic mass is 10.1. The molecule has 0 aliphatic heterocycles. The molecule has 1 heterocycles. The second-order valence-corrected chi connectivity index (χ2v) is 5.82. The van der Waals surface area contributed by atoms with E-state index < -0.39 is 6.61 Å². The molecule has 3 nitrogen and oxygen atoms in total. The quantitative estimate of drug-likeness (QED) is 0.864. The van der Waals surface area contributed by atoms with Gasteiger partial charge in [-0.1, -0.05) is 29.8 Å². The van der Waals surface area contributed by atoms with Crippen molar-refractivity contribution in [3.8, 4) is 5.75 Å². The van der Waals surface area contributed by atoms with Gasteiger partial charge in [-0.25, -0.2) is 4.98 Å². The number of hydrogen-bond donors (Lipinski definition) is 1. The van der Waals surface area contributed by atoms with Gasteiger partial charge in [-0.3, -0.25) is 0 Å². The lowest BCUT2D eigenvalue weighted by Crippen LogP contribution is -2.19. The number of aromatic nitrogens is 1. The van der Waals surface area contributed by atoms with Crippen LogP contribution in [-0.2, 0) is 6.54 Å². The molecular formula is C13H13ClF2N2OS. The van der Waals surface area contributed by atoms with Gasteiger partial charge in [0, 0.05) is 18.2 Å². The third kappa shape index (κ3) is 4.13. The van der Waals surface area contributed by atoms with Gasteiger partial charge in [-0.15, -0.1) is 11.3 Å². The van der Waals surface area contributed by atoms with Crippen LogP contribution in [0.3, 0.4) is 0 Å². The standard InChI is InChI=1S/C13H13ClF2N2OS/c1-8(17-7-12-18-6-11(14)20-12)9-4-2-3-5-10(9)19-13(15)16/h2-6,8,13,17H,7H2,1H3. The van der Waals surface area contributed by atoms with Crippen LogP contribution in [0.5, 0.6) is 5.75 Å². The summed E-state index contributed by atoms with van der Waals surface area (Å²) >= 11 is 7.18. The number of hydrogen-bond acceptors (Lipinski definition) is 4. The number of para-hydroxylation sites is 1. The fraction of sp³-hybridized carbons (Fsp3) is 0.308. The highest BCUT2D eigenvalue weighted by Gasteiger charge is 2.14. The van der Waals surface area contributed by atoms with Gasteiger partial charge in [0.15, 0.2) is 0 Å². The molecular weight excluding hydrogens is 306 g/mol. The highest BCUT2D eigenvalue weighted by Crippen LogP contribution is 2.27. The fourth-order valence-electron chi connectivity index (χ4n) is 1.76. The number of halogens is 3. The van der Waals surface area contributed by atoms with Crippen LogP contribution in [0.2, 0.25) is 4.34 Å². The summed E-state index contributed by atoms with van der Waals surface area (Å²) in [7, 11) is 0. The molecule has 0 saturated heterocycles. The first-order valence-electron chi connectivity index (χ1n) is 5.93. The smallest absolute Gasteiger partial charge is 0.387 e. The maximum Gasteiger partial charge on any atom is 0.387 e. The number of alkyl halides is 2. The predicted molar refractivity (Wildman–Crippen MR) is 75.5 cm³/mol. The number of ether oxygens (including phenoxy) is 1. The summed E-state index contributed by atoms with van der Waals surface area (Å²) in [5.74, 6) is 0.180. The van der Waals surface area contributed by atoms with Crippen molar-refractivity contribution in [1.29, 1.82) is 0 Å². The largest absolute Gasteiger partial charge is 0.434 e. The summed E-state index contributed by atoms with van der Waals surface area (Å²) < 4.78 is 29.8. The van der Waals surface area contributed by atoms with Crippen LogP contribution in [0.15, 0.2) is 30.5 Å². The van der Waals surface area contributed by atoms with E-state index in [-0.39, 0.29) is 11.8 Å². The lowest BCUT2D eigenvalue weighted by Gasteiger charge is -2.17. The van der Waals surface area contributed by atoms with Gasteiger partial charge in [0.25, 0.3) is 0 Å². The first kappa shape index (κ1) is 15.2. The first-order chi connectivity index (χ1) is 9.56. The molecule has 1 N–H and O–H groups in total. The van der Waals surface area contributed by atoms with E-state index in [1.54, 1.807) is 24.4 Å². The van der Waals surface area contributed by atoms with Gasteiger partial charge >= 0.3 is 6.61 Å². The molecule has 1 aromatic heterocycles. The van der Waals surface area contributed by atoms with Crippen molar-refractivity contribution >= 4 is 22.9 Å². The average Bonchev–Trinajstić information content (AvgIpc) is 2.82. The van der Waals surface area contributed by atoms with Gasteiger partial charge in [0.05, 0.1) is 6.20 Å². The van der Waals surface area contributed by atoms with Crippen LogP contribution >= 0.6 is 22.9 Å². The Balaban J connectivity index is 2.03. The first-order valence-corrected chi connectivity index (χ1v) is 7.13. The molecule has 0 fully saturated rings. The molecule has 20 heavy (non-hydrogen) atoms. The van der Waals surface area contributed by atoms with Crippen molar-refractivity contribution in [2.75, 3.05) is 0 Å². The van der Waals surface area contributed by atoms with Crippen molar-refractivity contribution in [2.24, 2.45) is 0 Å². The van der Waals surface area contributed by atoms with Crippen LogP contribution < -0.4 is 10.1 Å². The molecule has 0 aliphatic carbocycles. The van der Waals surface area contributed by atoms with Crippen molar-refractivity contribution < 1.29 is 13.5 Å². The lowest BCUT2D eigenvalue weighted by molar-refractivity contribution is -0.0506. The van der Waals surface area contributed by atoms with E-state index >= 15 is 0 Å². The minimum Gasteiger partial charge on any atom is -0.434 e. The van der Waals surface area contributed by atoms with E-state index in [1.165, 1.54) is 17.4 Å². The Kier molecular flexibility index (Phi) is 5.28. The molecule has 1 unspecified atom stereocenters. The van der Waals surface area contributed by atoms with Crippen LogP contribution in [0, 0.1) is 0 Å². The third-order valence-electron chi connectivity index (χ3n) is 2.69. The Morgan fingerprint density at radius 2 is 2.15 bits per heavy atom. The summed E-state index contributed by atoms with van der Waals surface area (Å²) in [5, 5.41) is 4.05. The van der Waals surface area contributed by atoms with Gasteiger partial charge in [0.2, 0.25) is 0 Å². The molecule has 0 bridgehead atoms. The molecule has 0 radical (unpaired) electrons.